The van der Waals surface area contributed by atoms with Crippen molar-refractivity contribution in [1.82, 2.24) is 9.78 Å². The van der Waals surface area contributed by atoms with Crippen molar-refractivity contribution in [3.63, 3.8) is 0 Å². The van der Waals surface area contributed by atoms with E-state index < -0.39 is 17.7 Å². The number of halogens is 4. The van der Waals surface area contributed by atoms with Crippen LogP contribution in [0.15, 0.2) is 30.5 Å². The van der Waals surface area contributed by atoms with Gasteiger partial charge in [0.05, 0.1) is 0 Å². The minimum Gasteiger partial charge on any atom is -0.327 e. The molecule has 2 aromatic rings. The molecule has 7 heteroatoms. The van der Waals surface area contributed by atoms with E-state index in [0.29, 0.717) is 18.4 Å². The van der Waals surface area contributed by atoms with Crippen LogP contribution in [0.4, 0.5) is 17.6 Å². The van der Waals surface area contributed by atoms with Gasteiger partial charge in [-0.1, -0.05) is 19.1 Å². The van der Waals surface area contributed by atoms with Crippen LogP contribution in [0, 0.1) is 5.82 Å². The summed E-state index contributed by atoms with van der Waals surface area (Å²) in [5.74, 6) is -0.632. The second-order valence-electron chi connectivity index (χ2n) is 4.76. The molecular formula is C14H15F4N3. The van der Waals surface area contributed by atoms with Crippen molar-refractivity contribution in [2.45, 2.75) is 32.0 Å². The molecule has 0 amide bonds. The fraction of sp³-hybridized carbons (Fsp3) is 0.357. The van der Waals surface area contributed by atoms with Gasteiger partial charge < -0.3 is 5.73 Å². The highest BCUT2D eigenvalue weighted by Gasteiger charge is 2.34. The van der Waals surface area contributed by atoms with Crippen LogP contribution in [0.2, 0.25) is 0 Å². The van der Waals surface area contributed by atoms with E-state index in [1.807, 2.05) is 6.92 Å². The molecule has 1 aromatic carbocycles. The molecule has 2 rings (SSSR count). The molecule has 114 valence electrons. The highest BCUT2D eigenvalue weighted by molar-refractivity contribution is 5.42. The SMILES string of the molecule is CCC(N)Cc1cccc(F)c1-n1ccc(C(F)(F)F)n1. The molecule has 2 N–H and O–H groups in total. The molecule has 1 aromatic heterocycles. The Kier molecular flexibility index (Phi) is 4.32. The van der Waals surface area contributed by atoms with Crippen LogP contribution < -0.4 is 5.73 Å². The molecule has 0 spiro atoms. The smallest absolute Gasteiger partial charge is 0.327 e. The lowest BCUT2D eigenvalue weighted by molar-refractivity contribution is -0.141. The predicted molar refractivity (Wildman–Crippen MR) is 70.5 cm³/mol. The number of para-hydroxylation sites is 1. The third-order valence-corrected chi connectivity index (χ3v) is 3.19. The molecule has 1 unspecified atom stereocenters. The Labute approximate surface area is 119 Å². The molecular weight excluding hydrogens is 286 g/mol. The standard InChI is InChI=1S/C14H15F4N3/c1-2-10(19)8-9-4-3-5-11(15)13(9)21-7-6-12(20-21)14(16,17)18/h3-7,10H,2,8,19H2,1H3. The number of nitrogens with two attached hydrogens (primary N) is 1. The number of hydrogen-bond donors (Lipinski definition) is 1. The minimum absolute atomic E-state index is 0.0110. The summed E-state index contributed by atoms with van der Waals surface area (Å²) in [5, 5.41) is 3.42. The largest absolute Gasteiger partial charge is 0.435 e. The molecule has 0 saturated carbocycles. The zero-order valence-corrected chi connectivity index (χ0v) is 11.4. The Morgan fingerprint density at radius 3 is 2.57 bits per heavy atom. The maximum atomic E-state index is 14.0. The normalized spacial score (nSPS) is 13.4. The van der Waals surface area contributed by atoms with Crippen molar-refractivity contribution in [3.05, 3.63) is 47.5 Å². The van der Waals surface area contributed by atoms with Gasteiger partial charge >= 0.3 is 6.18 Å². The molecule has 0 aliphatic heterocycles. The fourth-order valence-corrected chi connectivity index (χ4v) is 2.01. The lowest BCUT2D eigenvalue weighted by Crippen LogP contribution is -2.22. The summed E-state index contributed by atoms with van der Waals surface area (Å²) >= 11 is 0. The summed E-state index contributed by atoms with van der Waals surface area (Å²) in [5.41, 5.74) is 5.33. The third-order valence-electron chi connectivity index (χ3n) is 3.19. The number of nitrogens with zero attached hydrogens (tertiary/aromatic N) is 2. The van der Waals surface area contributed by atoms with Crippen LogP contribution in [0.3, 0.4) is 0 Å². The van der Waals surface area contributed by atoms with Crippen molar-refractivity contribution >= 4 is 0 Å². The maximum Gasteiger partial charge on any atom is 0.435 e. The predicted octanol–water partition coefficient (Wildman–Crippen LogP) is 3.31. The Balaban J connectivity index is 2.45. The monoisotopic (exact) mass is 301 g/mol. The van der Waals surface area contributed by atoms with Gasteiger partial charge in [-0.2, -0.15) is 18.3 Å². The highest BCUT2D eigenvalue weighted by atomic mass is 19.4. The summed E-state index contributed by atoms with van der Waals surface area (Å²) in [6.07, 6.45) is -2.41. The van der Waals surface area contributed by atoms with Gasteiger partial charge in [0.1, 0.15) is 11.5 Å². The van der Waals surface area contributed by atoms with Gasteiger partial charge in [0.15, 0.2) is 5.69 Å². The van der Waals surface area contributed by atoms with Gasteiger partial charge in [0.25, 0.3) is 0 Å². The molecule has 0 fully saturated rings. The zero-order chi connectivity index (χ0) is 15.6. The zero-order valence-electron chi connectivity index (χ0n) is 11.4. The van der Waals surface area contributed by atoms with Gasteiger partial charge in [0, 0.05) is 12.2 Å². The van der Waals surface area contributed by atoms with Gasteiger partial charge in [-0.25, -0.2) is 9.07 Å². The summed E-state index contributed by atoms with van der Waals surface area (Å²) in [6, 6.07) is 4.96. The van der Waals surface area contributed by atoms with Gasteiger partial charge in [-0.3, -0.25) is 0 Å². The Morgan fingerprint density at radius 1 is 1.29 bits per heavy atom. The molecule has 0 radical (unpaired) electrons. The third kappa shape index (κ3) is 3.41. The topological polar surface area (TPSA) is 43.8 Å². The molecule has 21 heavy (non-hydrogen) atoms. The van der Waals surface area contributed by atoms with Crippen LogP contribution in [-0.2, 0) is 12.6 Å². The fourth-order valence-electron chi connectivity index (χ4n) is 2.01. The van der Waals surface area contributed by atoms with Gasteiger partial charge in [-0.15, -0.1) is 0 Å². The first-order chi connectivity index (χ1) is 9.82. The van der Waals surface area contributed by atoms with Gasteiger partial charge in [-0.05, 0) is 30.5 Å². The molecule has 1 atom stereocenters. The van der Waals surface area contributed by atoms with E-state index in [4.69, 9.17) is 5.73 Å². The van der Waals surface area contributed by atoms with Gasteiger partial charge in [0.2, 0.25) is 0 Å². The maximum absolute atomic E-state index is 14.0. The van der Waals surface area contributed by atoms with Crippen LogP contribution in [0.25, 0.3) is 5.69 Å². The number of aromatic nitrogens is 2. The molecule has 0 aliphatic rings. The summed E-state index contributed by atoms with van der Waals surface area (Å²) in [4.78, 5) is 0. The second-order valence-corrected chi connectivity index (χ2v) is 4.76. The van der Waals surface area contributed by atoms with Crippen LogP contribution >= 0.6 is 0 Å². The number of benzene rings is 1. The summed E-state index contributed by atoms with van der Waals surface area (Å²) in [6.45, 7) is 1.89. The molecule has 1 heterocycles. The number of hydrogen-bond acceptors (Lipinski definition) is 2. The highest BCUT2D eigenvalue weighted by Crippen LogP contribution is 2.29. The Bertz CT molecular complexity index is 619. The van der Waals surface area contributed by atoms with E-state index in [-0.39, 0.29) is 11.7 Å². The van der Waals surface area contributed by atoms with Crippen LogP contribution in [0.5, 0.6) is 0 Å². The molecule has 0 bridgehead atoms. The van der Waals surface area contributed by atoms with E-state index in [1.54, 1.807) is 6.07 Å². The van der Waals surface area contributed by atoms with Crippen molar-refractivity contribution < 1.29 is 17.6 Å². The quantitative estimate of drug-likeness (QED) is 0.881. The minimum atomic E-state index is -4.56. The molecule has 0 saturated heterocycles. The lowest BCUT2D eigenvalue weighted by atomic mass is 10.0. The average molecular weight is 301 g/mol. The van der Waals surface area contributed by atoms with E-state index in [9.17, 15) is 17.6 Å². The second kappa shape index (κ2) is 5.85. The summed E-state index contributed by atoms with van der Waals surface area (Å²) in [7, 11) is 0. The van der Waals surface area contributed by atoms with Crippen LogP contribution in [0.1, 0.15) is 24.6 Å². The number of rotatable bonds is 4. The van der Waals surface area contributed by atoms with E-state index in [1.165, 1.54) is 12.1 Å². The van der Waals surface area contributed by atoms with E-state index >= 15 is 0 Å². The first-order valence-corrected chi connectivity index (χ1v) is 6.49. The number of alkyl halides is 3. The average Bonchev–Trinajstić information content (AvgIpc) is 2.88. The molecule has 0 aliphatic carbocycles. The van der Waals surface area contributed by atoms with Crippen molar-refractivity contribution in [2.24, 2.45) is 5.73 Å². The summed E-state index contributed by atoms with van der Waals surface area (Å²) < 4.78 is 52.7. The first-order valence-electron chi connectivity index (χ1n) is 6.49. The van der Waals surface area contributed by atoms with Crippen molar-refractivity contribution in [3.8, 4) is 5.69 Å². The Morgan fingerprint density at radius 2 is 2.00 bits per heavy atom. The van der Waals surface area contributed by atoms with Crippen molar-refractivity contribution in [2.75, 3.05) is 0 Å². The first kappa shape index (κ1) is 15.5. The van der Waals surface area contributed by atoms with Crippen LogP contribution in [-0.4, -0.2) is 15.8 Å². The molecule has 3 nitrogen and oxygen atoms in total. The van der Waals surface area contributed by atoms with E-state index in [0.717, 1.165) is 16.9 Å². The Hall–Kier alpha value is -1.89. The van der Waals surface area contributed by atoms with E-state index in [2.05, 4.69) is 5.10 Å². The van der Waals surface area contributed by atoms with Crippen molar-refractivity contribution in [1.29, 1.82) is 0 Å². The lowest BCUT2D eigenvalue weighted by Gasteiger charge is -2.14.